The van der Waals surface area contributed by atoms with Crippen LogP contribution in [0.5, 0.6) is 0 Å². The van der Waals surface area contributed by atoms with Crippen molar-refractivity contribution < 1.29 is 36.2 Å². The maximum Gasteiger partial charge on any atom is 0.522 e. The lowest BCUT2D eigenvalue weighted by atomic mass is 10.0. The molecule has 128 valence electrons. The van der Waals surface area contributed by atoms with Crippen LogP contribution in [0.15, 0.2) is 30.3 Å². The predicted octanol–water partition coefficient (Wildman–Crippen LogP) is 3.57. The van der Waals surface area contributed by atoms with Gasteiger partial charge in [0.1, 0.15) is 12.7 Å². The molecular formula is C14H14F5NO3. The van der Waals surface area contributed by atoms with Crippen LogP contribution in [0.3, 0.4) is 0 Å². The summed E-state index contributed by atoms with van der Waals surface area (Å²) in [6.45, 7) is -1.59. The fourth-order valence-electron chi connectivity index (χ4n) is 2.19. The molecule has 23 heavy (non-hydrogen) atoms. The number of carbonyl (C=O) groups is 1. The molecule has 0 bridgehead atoms. The largest absolute Gasteiger partial charge is 0.522 e. The highest BCUT2D eigenvalue weighted by Crippen LogP contribution is 2.34. The highest BCUT2D eigenvalue weighted by atomic mass is 19.4. The van der Waals surface area contributed by atoms with E-state index in [-0.39, 0.29) is 13.2 Å². The molecule has 1 fully saturated rings. The van der Waals surface area contributed by atoms with Crippen molar-refractivity contribution in [3.63, 3.8) is 0 Å². The zero-order valence-corrected chi connectivity index (χ0v) is 11.9. The van der Waals surface area contributed by atoms with Crippen molar-refractivity contribution >= 4 is 6.09 Å². The molecule has 1 aromatic carbocycles. The SMILES string of the molecule is O=C(OCc1ccccc1)N1CCC(OC(F)(F)F)C(F)(F)C1. The maximum atomic E-state index is 13.7. The van der Waals surface area contributed by atoms with Gasteiger partial charge in [0.25, 0.3) is 5.92 Å². The number of piperidine rings is 1. The molecule has 0 saturated carbocycles. The minimum Gasteiger partial charge on any atom is -0.445 e. The summed E-state index contributed by atoms with van der Waals surface area (Å²) in [6, 6.07) is 8.57. The van der Waals surface area contributed by atoms with Crippen LogP contribution in [0.4, 0.5) is 26.7 Å². The Labute approximate surface area is 128 Å². The smallest absolute Gasteiger partial charge is 0.445 e. The molecule has 0 aliphatic carbocycles. The number of alkyl halides is 5. The first-order valence-electron chi connectivity index (χ1n) is 6.75. The van der Waals surface area contributed by atoms with Gasteiger partial charge in [-0.3, -0.25) is 4.74 Å². The van der Waals surface area contributed by atoms with Crippen LogP contribution in [0.25, 0.3) is 0 Å². The highest BCUT2D eigenvalue weighted by molar-refractivity contribution is 5.68. The molecular weight excluding hydrogens is 325 g/mol. The third-order valence-corrected chi connectivity index (χ3v) is 3.27. The number of amides is 1. The van der Waals surface area contributed by atoms with Gasteiger partial charge in [0, 0.05) is 6.54 Å². The van der Waals surface area contributed by atoms with E-state index in [2.05, 4.69) is 4.74 Å². The molecule has 1 aliphatic rings. The number of hydrogen-bond donors (Lipinski definition) is 0. The standard InChI is InChI=1S/C14H14F5NO3/c15-13(16)9-20(7-6-11(13)23-14(17,18)19)12(21)22-8-10-4-2-1-3-5-10/h1-5,11H,6-9H2. The summed E-state index contributed by atoms with van der Waals surface area (Å²) in [5.74, 6) is -3.81. The Kier molecular flexibility index (Phi) is 5.08. The molecule has 0 aromatic heterocycles. The van der Waals surface area contributed by atoms with Crippen LogP contribution in [0, 0.1) is 0 Å². The Balaban J connectivity index is 1.89. The Morgan fingerprint density at radius 3 is 2.48 bits per heavy atom. The first kappa shape index (κ1) is 17.5. The molecule has 0 N–H and O–H groups in total. The van der Waals surface area contributed by atoms with Gasteiger partial charge in [-0.1, -0.05) is 30.3 Å². The van der Waals surface area contributed by atoms with Gasteiger partial charge < -0.3 is 9.64 Å². The number of halogens is 5. The number of carbonyl (C=O) groups excluding carboxylic acids is 1. The van der Waals surface area contributed by atoms with Crippen molar-refractivity contribution in [1.82, 2.24) is 4.90 Å². The molecule has 1 atom stereocenters. The molecule has 4 nitrogen and oxygen atoms in total. The van der Waals surface area contributed by atoms with Gasteiger partial charge in [0.15, 0.2) is 0 Å². The van der Waals surface area contributed by atoms with Crippen molar-refractivity contribution in [1.29, 1.82) is 0 Å². The van der Waals surface area contributed by atoms with Crippen LogP contribution in [0.1, 0.15) is 12.0 Å². The second-order valence-corrected chi connectivity index (χ2v) is 5.06. The molecule has 1 aromatic rings. The van der Waals surface area contributed by atoms with Crippen molar-refractivity contribution in [2.24, 2.45) is 0 Å². The Morgan fingerprint density at radius 2 is 1.91 bits per heavy atom. The summed E-state index contributed by atoms with van der Waals surface area (Å²) in [5.41, 5.74) is 0.669. The summed E-state index contributed by atoms with van der Waals surface area (Å²) in [4.78, 5) is 12.4. The van der Waals surface area contributed by atoms with Gasteiger partial charge in [-0.2, -0.15) is 0 Å². The van der Waals surface area contributed by atoms with Crippen LogP contribution >= 0.6 is 0 Å². The lowest BCUT2D eigenvalue weighted by Crippen LogP contribution is -2.55. The van der Waals surface area contributed by atoms with Gasteiger partial charge in [0.05, 0.1) is 6.54 Å². The number of ether oxygens (including phenoxy) is 2. The summed E-state index contributed by atoms with van der Waals surface area (Å²) in [7, 11) is 0. The monoisotopic (exact) mass is 339 g/mol. The summed E-state index contributed by atoms with van der Waals surface area (Å²) in [6.07, 6.45) is -9.09. The average Bonchev–Trinajstić information content (AvgIpc) is 2.46. The van der Waals surface area contributed by atoms with E-state index in [1.54, 1.807) is 30.3 Å². The Morgan fingerprint density at radius 1 is 1.26 bits per heavy atom. The van der Waals surface area contributed by atoms with Crippen LogP contribution in [0.2, 0.25) is 0 Å². The minimum absolute atomic E-state index is 0.107. The summed E-state index contributed by atoms with van der Waals surface area (Å²) < 4.78 is 72.0. The molecule has 1 amide bonds. The second kappa shape index (κ2) is 6.69. The molecule has 1 heterocycles. The van der Waals surface area contributed by atoms with E-state index >= 15 is 0 Å². The van der Waals surface area contributed by atoms with E-state index in [1.807, 2.05) is 0 Å². The predicted molar refractivity (Wildman–Crippen MR) is 68.7 cm³/mol. The molecule has 2 rings (SSSR count). The zero-order chi connectivity index (χ0) is 17.1. The fourth-order valence-corrected chi connectivity index (χ4v) is 2.19. The van der Waals surface area contributed by atoms with Crippen molar-refractivity contribution in [3.8, 4) is 0 Å². The molecule has 1 saturated heterocycles. The lowest BCUT2D eigenvalue weighted by Gasteiger charge is -2.37. The lowest BCUT2D eigenvalue weighted by molar-refractivity contribution is -0.369. The molecule has 0 radical (unpaired) electrons. The molecule has 9 heteroatoms. The van der Waals surface area contributed by atoms with E-state index in [4.69, 9.17) is 4.74 Å². The number of nitrogens with zero attached hydrogens (tertiary/aromatic N) is 1. The number of likely N-dealkylation sites (tertiary alicyclic amines) is 1. The topological polar surface area (TPSA) is 38.8 Å². The van der Waals surface area contributed by atoms with Crippen LogP contribution in [-0.4, -0.2) is 42.5 Å². The Hall–Kier alpha value is -1.90. The van der Waals surface area contributed by atoms with Gasteiger partial charge in [-0.25, -0.2) is 13.6 Å². The third kappa shape index (κ3) is 5.05. The number of hydrogen-bond acceptors (Lipinski definition) is 3. The normalized spacial score (nSPS) is 21.1. The maximum absolute atomic E-state index is 13.7. The summed E-state index contributed by atoms with van der Waals surface area (Å²) >= 11 is 0. The first-order valence-corrected chi connectivity index (χ1v) is 6.75. The number of rotatable bonds is 3. The van der Waals surface area contributed by atoms with E-state index in [0.29, 0.717) is 10.5 Å². The molecule has 1 aliphatic heterocycles. The zero-order valence-electron chi connectivity index (χ0n) is 11.9. The van der Waals surface area contributed by atoms with E-state index < -0.39 is 37.4 Å². The average molecular weight is 339 g/mol. The molecule has 1 unspecified atom stereocenters. The van der Waals surface area contributed by atoms with Gasteiger partial charge in [-0.05, 0) is 12.0 Å². The minimum atomic E-state index is -5.15. The Bertz CT molecular complexity index is 535. The van der Waals surface area contributed by atoms with Crippen molar-refractivity contribution in [2.75, 3.05) is 13.1 Å². The van der Waals surface area contributed by atoms with Crippen molar-refractivity contribution in [3.05, 3.63) is 35.9 Å². The van der Waals surface area contributed by atoms with E-state index in [0.717, 1.165) is 0 Å². The van der Waals surface area contributed by atoms with Crippen molar-refractivity contribution in [2.45, 2.75) is 31.4 Å². The quantitative estimate of drug-likeness (QED) is 0.791. The van der Waals surface area contributed by atoms with Crippen LogP contribution in [-0.2, 0) is 16.1 Å². The van der Waals surface area contributed by atoms with Gasteiger partial charge >= 0.3 is 12.5 Å². The highest BCUT2D eigenvalue weighted by Gasteiger charge is 2.51. The summed E-state index contributed by atoms with van der Waals surface area (Å²) in [5, 5.41) is 0. The first-order chi connectivity index (χ1) is 10.7. The fraction of sp³-hybridized carbons (Fsp3) is 0.500. The number of benzene rings is 1. The van der Waals surface area contributed by atoms with E-state index in [9.17, 15) is 26.7 Å². The van der Waals surface area contributed by atoms with Gasteiger partial charge in [-0.15, -0.1) is 13.2 Å². The van der Waals surface area contributed by atoms with Crippen LogP contribution < -0.4 is 0 Å². The second-order valence-electron chi connectivity index (χ2n) is 5.06. The molecule has 0 spiro atoms. The van der Waals surface area contributed by atoms with E-state index in [1.165, 1.54) is 0 Å². The third-order valence-electron chi connectivity index (χ3n) is 3.27. The van der Waals surface area contributed by atoms with Gasteiger partial charge in [0.2, 0.25) is 0 Å².